The monoisotopic (exact) mass is 240 g/mol. The van der Waals surface area contributed by atoms with Gasteiger partial charge in [-0.05, 0) is 5.92 Å². The molecule has 0 saturated carbocycles. The number of amides is 2. The van der Waals surface area contributed by atoms with Gasteiger partial charge in [-0.15, -0.1) is 0 Å². The lowest BCUT2D eigenvalue weighted by molar-refractivity contribution is -0.147. The van der Waals surface area contributed by atoms with Gasteiger partial charge in [0.25, 0.3) is 0 Å². The molecular formula is C13H24N2O2. The van der Waals surface area contributed by atoms with Crippen LogP contribution < -0.4 is 0 Å². The molecule has 0 unspecified atom stereocenters. The second-order valence-electron chi connectivity index (χ2n) is 5.67. The Bertz CT molecular complexity index is 303. The summed E-state index contributed by atoms with van der Waals surface area (Å²) in [6.07, 6.45) is 0. The molecule has 1 rings (SSSR count). The summed E-state index contributed by atoms with van der Waals surface area (Å²) in [4.78, 5) is 27.2. The van der Waals surface area contributed by atoms with E-state index < -0.39 is 0 Å². The third kappa shape index (κ3) is 2.99. The van der Waals surface area contributed by atoms with Crippen molar-refractivity contribution >= 4 is 11.8 Å². The molecule has 1 saturated heterocycles. The summed E-state index contributed by atoms with van der Waals surface area (Å²) in [6.45, 7) is 12.4. The first kappa shape index (κ1) is 14.0. The van der Waals surface area contributed by atoms with Gasteiger partial charge >= 0.3 is 0 Å². The van der Waals surface area contributed by atoms with Crippen molar-refractivity contribution in [2.45, 2.75) is 34.6 Å². The molecule has 2 amide bonds. The number of hydrogen-bond acceptors (Lipinski definition) is 2. The average Bonchev–Trinajstić information content (AvgIpc) is 2.27. The fraction of sp³-hybridized carbons (Fsp3) is 0.846. The van der Waals surface area contributed by atoms with Crippen molar-refractivity contribution in [1.29, 1.82) is 0 Å². The maximum absolute atomic E-state index is 12.4. The summed E-state index contributed by atoms with van der Waals surface area (Å²) in [5.74, 6) is 0.622. The van der Waals surface area contributed by atoms with Gasteiger partial charge in [0, 0.05) is 38.5 Å². The molecule has 1 fully saturated rings. The quantitative estimate of drug-likeness (QED) is 0.731. The molecular weight excluding hydrogens is 216 g/mol. The minimum Gasteiger partial charge on any atom is -0.339 e. The highest BCUT2D eigenvalue weighted by molar-refractivity contribution is 5.82. The smallest absolute Gasteiger partial charge is 0.228 e. The van der Waals surface area contributed by atoms with Crippen molar-refractivity contribution < 1.29 is 9.59 Å². The molecule has 1 aliphatic heterocycles. The fourth-order valence-electron chi connectivity index (χ4n) is 1.88. The SMILES string of the molecule is CC(=O)N1CCN(C(=O)C(C)(C)C(C)C)CC1. The van der Waals surface area contributed by atoms with Crippen LogP contribution in [0.2, 0.25) is 0 Å². The van der Waals surface area contributed by atoms with E-state index in [9.17, 15) is 9.59 Å². The van der Waals surface area contributed by atoms with Crippen LogP contribution in [0, 0.1) is 11.3 Å². The minimum absolute atomic E-state index is 0.0974. The Morgan fingerprint density at radius 2 is 1.41 bits per heavy atom. The average molecular weight is 240 g/mol. The molecule has 0 aromatic rings. The predicted octanol–water partition coefficient (Wildman–Crippen LogP) is 1.36. The molecule has 98 valence electrons. The highest BCUT2D eigenvalue weighted by Crippen LogP contribution is 2.28. The van der Waals surface area contributed by atoms with Gasteiger partial charge in [0.2, 0.25) is 11.8 Å². The Morgan fingerprint density at radius 3 is 1.76 bits per heavy atom. The van der Waals surface area contributed by atoms with Crippen LogP contribution in [0.15, 0.2) is 0 Å². The van der Waals surface area contributed by atoms with Crippen molar-refractivity contribution in [3.63, 3.8) is 0 Å². The second kappa shape index (κ2) is 5.07. The minimum atomic E-state index is -0.321. The number of carbonyl (C=O) groups excluding carboxylic acids is 2. The molecule has 0 aliphatic carbocycles. The number of hydrogen-bond donors (Lipinski definition) is 0. The summed E-state index contributed by atoms with van der Waals surface area (Å²) in [5.41, 5.74) is -0.321. The number of nitrogens with zero attached hydrogens (tertiary/aromatic N) is 2. The fourth-order valence-corrected chi connectivity index (χ4v) is 1.88. The molecule has 0 aromatic heterocycles. The Labute approximate surface area is 104 Å². The zero-order valence-corrected chi connectivity index (χ0v) is 11.6. The lowest BCUT2D eigenvalue weighted by Crippen LogP contribution is -2.53. The first-order valence-corrected chi connectivity index (χ1v) is 6.31. The van der Waals surface area contributed by atoms with Crippen LogP contribution >= 0.6 is 0 Å². The Morgan fingerprint density at radius 1 is 1.00 bits per heavy atom. The molecule has 4 nitrogen and oxygen atoms in total. The third-order valence-electron chi connectivity index (χ3n) is 4.01. The van der Waals surface area contributed by atoms with Gasteiger partial charge < -0.3 is 9.80 Å². The van der Waals surface area contributed by atoms with E-state index in [-0.39, 0.29) is 17.2 Å². The van der Waals surface area contributed by atoms with Crippen LogP contribution in [0.5, 0.6) is 0 Å². The normalized spacial score (nSPS) is 17.5. The van der Waals surface area contributed by atoms with Gasteiger partial charge in [0.1, 0.15) is 0 Å². The molecule has 4 heteroatoms. The lowest BCUT2D eigenvalue weighted by atomic mass is 9.79. The van der Waals surface area contributed by atoms with E-state index in [1.165, 1.54) is 0 Å². The van der Waals surface area contributed by atoms with Crippen LogP contribution in [-0.4, -0.2) is 47.8 Å². The Balaban J connectivity index is 2.60. The van der Waals surface area contributed by atoms with Crippen LogP contribution in [-0.2, 0) is 9.59 Å². The number of rotatable bonds is 2. The third-order valence-corrected chi connectivity index (χ3v) is 4.01. The van der Waals surface area contributed by atoms with Crippen molar-refractivity contribution in [1.82, 2.24) is 9.80 Å². The van der Waals surface area contributed by atoms with Crippen LogP contribution in [0.3, 0.4) is 0 Å². The van der Waals surface area contributed by atoms with E-state index in [0.29, 0.717) is 32.1 Å². The largest absolute Gasteiger partial charge is 0.339 e. The van der Waals surface area contributed by atoms with E-state index >= 15 is 0 Å². The van der Waals surface area contributed by atoms with Gasteiger partial charge in [-0.1, -0.05) is 27.7 Å². The summed E-state index contributed by atoms with van der Waals surface area (Å²) < 4.78 is 0. The number of carbonyl (C=O) groups is 2. The summed E-state index contributed by atoms with van der Waals surface area (Å²) in [5, 5.41) is 0. The standard InChI is InChI=1S/C13H24N2O2/c1-10(2)13(4,5)12(17)15-8-6-14(7-9-15)11(3)16/h10H,6-9H2,1-5H3. The van der Waals surface area contributed by atoms with Gasteiger partial charge in [-0.3, -0.25) is 9.59 Å². The van der Waals surface area contributed by atoms with Gasteiger partial charge in [-0.25, -0.2) is 0 Å². The van der Waals surface area contributed by atoms with Gasteiger partial charge in [-0.2, -0.15) is 0 Å². The lowest BCUT2D eigenvalue weighted by Gasteiger charge is -2.39. The van der Waals surface area contributed by atoms with Gasteiger partial charge in [0.15, 0.2) is 0 Å². The molecule has 17 heavy (non-hydrogen) atoms. The van der Waals surface area contributed by atoms with Crippen molar-refractivity contribution in [2.24, 2.45) is 11.3 Å². The zero-order chi connectivity index (χ0) is 13.2. The molecule has 0 spiro atoms. The van der Waals surface area contributed by atoms with E-state index in [1.54, 1.807) is 11.8 Å². The van der Waals surface area contributed by atoms with Crippen molar-refractivity contribution in [3.05, 3.63) is 0 Å². The predicted molar refractivity (Wildman–Crippen MR) is 67.5 cm³/mol. The van der Waals surface area contributed by atoms with Crippen LogP contribution in [0.4, 0.5) is 0 Å². The zero-order valence-electron chi connectivity index (χ0n) is 11.6. The second-order valence-corrected chi connectivity index (χ2v) is 5.67. The Hall–Kier alpha value is -1.06. The molecule has 0 atom stereocenters. The van der Waals surface area contributed by atoms with Crippen LogP contribution in [0.25, 0.3) is 0 Å². The summed E-state index contributed by atoms with van der Waals surface area (Å²) in [6, 6.07) is 0. The van der Waals surface area contributed by atoms with E-state index in [2.05, 4.69) is 13.8 Å². The first-order valence-electron chi connectivity index (χ1n) is 6.31. The number of piperazine rings is 1. The summed E-state index contributed by atoms with van der Waals surface area (Å²) in [7, 11) is 0. The summed E-state index contributed by atoms with van der Waals surface area (Å²) >= 11 is 0. The molecule has 0 bridgehead atoms. The van der Waals surface area contributed by atoms with E-state index in [0.717, 1.165) is 0 Å². The maximum atomic E-state index is 12.4. The molecule has 0 aromatic carbocycles. The first-order chi connectivity index (χ1) is 7.76. The molecule has 0 radical (unpaired) electrons. The Kier molecular flexibility index (Phi) is 4.17. The molecule has 1 aliphatic rings. The maximum Gasteiger partial charge on any atom is 0.228 e. The van der Waals surface area contributed by atoms with Crippen molar-refractivity contribution in [2.75, 3.05) is 26.2 Å². The van der Waals surface area contributed by atoms with Crippen molar-refractivity contribution in [3.8, 4) is 0 Å². The topological polar surface area (TPSA) is 40.6 Å². The van der Waals surface area contributed by atoms with E-state index in [4.69, 9.17) is 0 Å². The van der Waals surface area contributed by atoms with E-state index in [1.807, 2.05) is 18.7 Å². The highest BCUT2D eigenvalue weighted by Gasteiger charge is 2.36. The van der Waals surface area contributed by atoms with Gasteiger partial charge in [0.05, 0.1) is 0 Å². The van der Waals surface area contributed by atoms with Crippen LogP contribution in [0.1, 0.15) is 34.6 Å². The molecule has 1 heterocycles. The molecule has 0 N–H and O–H groups in total. The highest BCUT2D eigenvalue weighted by atomic mass is 16.2.